The lowest BCUT2D eigenvalue weighted by atomic mass is 9.76. The molecule has 3 heterocycles. The van der Waals surface area contributed by atoms with Crippen molar-refractivity contribution in [2.24, 2.45) is 5.41 Å². The number of piperidine rings is 1. The molecule has 2 aromatic rings. The first kappa shape index (κ1) is 19.8. The van der Waals surface area contributed by atoms with Gasteiger partial charge in [0.05, 0.1) is 6.10 Å². The second-order valence-corrected chi connectivity index (χ2v) is 7.45. The van der Waals surface area contributed by atoms with E-state index in [2.05, 4.69) is 15.3 Å². The van der Waals surface area contributed by atoms with E-state index >= 15 is 0 Å². The zero-order valence-electron chi connectivity index (χ0n) is 15.4. The minimum Gasteiger partial charge on any atom is -0.439 e. The minimum absolute atomic E-state index is 0.0365. The van der Waals surface area contributed by atoms with Gasteiger partial charge in [-0.1, -0.05) is 6.07 Å². The zero-order chi connectivity index (χ0) is 20.6. The lowest BCUT2D eigenvalue weighted by Crippen LogP contribution is -2.50. The van der Waals surface area contributed by atoms with Crippen LogP contribution in [-0.4, -0.2) is 47.4 Å². The normalized spacial score (nSPS) is 24.9. The number of rotatable bonds is 3. The highest BCUT2D eigenvalue weighted by atomic mass is 19.4. The molecule has 0 radical (unpaired) electrons. The van der Waals surface area contributed by atoms with Gasteiger partial charge in [-0.15, -0.1) is 0 Å². The fourth-order valence-electron chi connectivity index (χ4n) is 3.90. The van der Waals surface area contributed by atoms with Crippen molar-refractivity contribution in [2.75, 3.05) is 31.1 Å². The second-order valence-electron chi connectivity index (χ2n) is 7.45. The van der Waals surface area contributed by atoms with Crippen LogP contribution in [0.5, 0.6) is 11.6 Å². The molecule has 2 aliphatic rings. The van der Waals surface area contributed by atoms with Gasteiger partial charge in [-0.25, -0.2) is 9.37 Å². The van der Waals surface area contributed by atoms with Gasteiger partial charge in [0.25, 0.3) is 0 Å². The summed E-state index contributed by atoms with van der Waals surface area (Å²) in [6.07, 6.45) is -3.93. The third-order valence-electron chi connectivity index (χ3n) is 5.51. The van der Waals surface area contributed by atoms with Crippen LogP contribution in [0.15, 0.2) is 30.3 Å². The average molecular weight is 412 g/mol. The van der Waals surface area contributed by atoms with Crippen molar-refractivity contribution in [3.8, 4) is 11.6 Å². The number of aliphatic hydroxyl groups is 1. The first-order valence-electron chi connectivity index (χ1n) is 9.29. The fourth-order valence-corrected chi connectivity index (χ4v) is 3.90. The van der Waals surface area contributed by atoms with E-state index in [9.17, 15) is 22.7 Å². The van der Waals surface area contributed by atoms with Gasteiger partial charge in [0, 0.05) is 37.2 Å². The number of aromatic nitrogens is 2. The summed E-state index contributed by atoms with van der Waals surface area (Å²) in [5.74, 6) is -0.975. The standard InChI is InChI=1S/C19H20F4N4O2/c20-12-2-1-3-13(8-12)29-16-9-14(19(21,22)23)25-17(26-16)27-7-5-18(11-27)4-6-24-10-15(18)28/h1-3,8-9,15,24,28H,4-7,10-11H2/t15-,18-/m0/s1. The van der Waals surface area contributed by atoms with E-state index in [1.54, 1.807) is 4.90 Å². The van der Waals surface area contributed by atoms with E-state index in [1.807, 2.05) is 0 Å². The van der Waals surface area contributed by atoms with Crippen LogP contribution >= 0.6 is 0 Å². The molecular weight excluding hydrogens is 392 g/mol. The molecule has 1 aromatic carbocycles. The van der Waals surface area contributed by atoms with Crippen molar-refractivity contribution >= 4 is 5.95 Å². The number of hydrogen-bond donors (Lipinski definition) is 2. The number of alkyl halides is 3. The molecule has 2 N–H and O–H groups in total. The van der Waals surface area contributed by atoms with Gasteiger partial charge in [0.2, 0.25) is 11.8 Å². The third kappa shape index (κ3) is 4.13. The molecule has 2 atom stereocenters. The van der Waals surface area contributed by atoms with E-state index in [0.29, 0.717) is 32.1 Å². The Kier molecular flexibility index (Phi) is 5.07. The SMILES string of the molecule is O[C@H]1CNCC[C@@]12CCN(c1nc(Oc3cccc(F)c3)cc(C(F)(F)F)n1)C2. The maximum absolute atomic E-state index is 13.4. The van der Waals surface area contributed by atoms with Gasteiger partial charge in [0.1, 0.15) is 11.6 Å². The molecule has 4 rings (SSSR count). The second kappa shape index (κ2) is 7.42. The van der Waals surface area contributed by atoms with Gasteiger partial charge >= 0.3 is 6.18 Å². The van der Waals surface area contributed by atoms with Crippen LogP contribution in [0.2, 0.25) is 0 Å². The van der Waals surface area contributed by atoms with Crippen molar-refractivity contribution in [3.05, 3.63) is 41.8 Å². The molecule has 156 valence electrons. The van der Waals surface area contributed by atoms with Gasteiger partial charge in [-0.3, -0.25) is 0 Å². The lowest BCUT2D eigenvalue weighted by Gasteiger charge is -2.38. The number of aliphatic hydroxyl groups excluding tert-OH is 1. The molecule has 10 heteroatoms. The highest BCUT2D eigenvalue weighted by molar-refractivity contribution is 5.39. The average Bonchev–Trinajstić information content (AvgIpc) is 3.09. The van der Waals surface area contributed by atoms with E-state index in [4.69, 9.17) is 4.74 Å². The summed E-state index contributed by atoms with van der Waals surface area (Å²) >= 11 is 0. The molecule has 2 fully saturated rings. The quantitative estimate of drug-likeness (QED) is 0.756. The summed E-state index contributed by atoms with van der Waals surface area (Å²) in [7, 11) is 0. The Morgan fingerprint density at radius 1 is 1.21 bits per heavy atom. The Morgan fingerprint density at radius 2 is 2.03 bits per heavy atom. The molecule has 0 saturated carbocycles. The Balaban J connectivity index is 1.64. The highest BCUT2D eigenvalue weighted by Gasteiger charge is 2.46. The van der Waals surface area contributed by atoms with Crippen molar-refractivity contribution in [3.63, 3.8) is 0 Å². The molecule has 0 amide bonds. The van der Waals surface area contributed by atoms with Crippen molar-refractivity contribution in [2.45, 2.75) is 25.1 Å². The first-order chi connectivity index (χ1) is 13.7. The molecule has 1 spiro atoms. The Labute approximate surface area is 164 Å². The Hall–Kier alpha value is -2.46. The highest BCUT2D eigenvalue weighted by Crippen LogP contribution is 2.41. The summed E-state index contributed by atoms with van der Waals surface area (Å²) in [6.45, 7) is 1.97. The predicted molar refractivity (Wildman–Crippen MR) is 96.3 cm³/mol. The molecule has 2 aliphatic heterocycles. The number of halogens is 4. The van der Waals surface area contributed by atoms with Gasteiger partial charge < -0.3 is 20.1 Å². The van der Waals surface area contributed by atoms with Crippen LogP contribution in [0.3, 0.4) is 0 Å². The molecule has 0 aliphatic carbocycles. The molecule has 29 heavy (non-hydrogen) atoms. The monoisotopic (exact) mass is 412 g/mol. The smallest absolute Gasteiger partial charge is 0.433 e. The molecule has 0 bridgehead atoms. The van der Waals surface area contributed by atoms with E-state index < -0.39 is 29.2 Å². The number of nitrogens with one attached hydrogen (secondary N) is 1. The van der Waals surface area contributed by atoms with E-state index in [0.717, 1.165) is 19.0 Å². The van der Waals surface area contributed by atoms with Gasteiger partial charge in [0.15, 0.2) is 5.69 Å². The van der Waals surface area contributed by atoms with Crippen LogP contribution < -0.4 is 15.0 Å². The van der Waals surface area contributed by atoms with Crippen LogP contribution in [0.1, 0.15) is 18.5 Å². The van der Waals surface area contributed by atoms with Crippen molar-refractivity contribution in [1.29, 1.82) is 0 Å². The number of hydrogen-bond acceptors (Lipinski definition) is 6. The summed E-state index contributed by atoms with van der Waals surface area (Å²) in [5, 5.41) is 13.5. The maximum atomic E-state index is 13.4. The van der Waals surface area contributed by atoms with Gasteiger partial charge in [-0.05, 0) is 31.5 Å². The molecule has 1 aromatic heterocycles. The van der Waals surface area contributed by atoms with Crippen molar-refractivity contribution in [1.82, 2.24) is 15.3 Å². The number of anilines is 1. The van der Waals surface area contributed by atoms with Crippen LogP contribution in [-0.2, 0) is 6.18 Å². The number of nitrogens with zero attached hydrogens (tertiary/aromatic N) is 3. The van der Waals surface area contributed by atoms with E-state index in [1.165, 1.54) is 18.2 Å². The zero-order valence-corrected chi connectivity index (χ0v) is 15.4. The number of β-amino-alcohol motifs (C(OH)–C–C–N with tert-alkyl or cyclic N) is 1. The number of benzene rings is 1. The third-order valence-corrected chi connectivity index (χ3v) is 5.51. The largest absolute Gasteiger partial charge is 0.439 e. The van der Waals surface area contributed by atoms with Crippen LogP contribution in [0, 0.1) is 11.2 Å². The summed E-state index contributed by atoms with van der Waals surface area (Å²) in [4.78, 5) is 9.46. The van der Waals surface area contributed by atoms with Crippen LogP contribution in [0.4, 0.5) is 23.5 Å². The Bertz CT molecular complexity index is 895. The number of ether oxygens (including phenoxy) is 1. The van der Waals surface area contributed by atoms with Gasteiger partial charge in [-0.2, -0.15) is 18.2 Å². The molecule has 0 unspecified atom stereocenters. The van der Waals surface area contributed by atoms with E-state index in [-0.39, 0.29) is 17.6 Å². The molecule has 6 nitrogen and oxygen atoms in total. The van der Waals surface area contributed by atoms with Crippen LogP contribution in [0.25, 0.3) is 0 Å². The molecule has 2 saturated heterocycles. The topological polar surface area (TPSA) is 70.5 Å². The first-order valence-corrected chi connectivity index (χ1v) is 9.29. The maximum Gasteiger partial charge on any atom is 0.433 e. The fraction of sp³-hybridized carbons (Fsp3) is 0.474. The molecular formula is C19H20F4N4O2. The Morgan fingerprint density at radius 3 is 2.76 bits per heavy atom. The lowest BCUT2D eigenvalue weighted by molar-refractivity contribution is -0.141. The van der Waals surface area contributed by atoms with Crippen molar-refractivity contribution < 1.29 is 27.4 Å². The summed E-state index contributed by atoms with van der Waals surface area (Å²) in [5.41, 5.74) is -1.53. The predicted octanol–water partition coefficient (Wildman–Crippen LogP) is 2.98. The summed E-state index contributed by atoms with van der Waals surface area (Å²) < 4.78 is 58.9. The minimum atomic E-state index is -4.69. The summed E-state index contributed by atoms with van der Waals surface area (Å²) in [6, 6.07) is 5.77.